The molecule has 42 heavy (non-hydrogen) atoms. The first-order valence-corrected chi connectivity index (χ1v) is 15.2. The number of halogens is 2. The summed E-state index contributed by atoms with van der Waals surface area (Å²) >= 11 is 12.6. The van der Waals surface area contributed by atoms with Crippen molar-refractivity contribution in [2.45, 2.75) is 24.4 Å². The summed E-state index contributed by atoms with van der Waals surface area (Å²) < 4.78 is 34.8. The van der Waals surface area contributed by atoms with E-state index in [1.807, 2.05) is 0 Å². The molecule has 0 saturated heterocycles. The third-order valence-corrected chi connectivity index (χ3v) is 8.27. The van der Waals surface area contributed by atoms with Gasteiger partial charge >= 0.3 is 6.03 Å². The van der Waals surface area contributed by atoms with Gasteiger partial charge < -0.3 is 19.5 Å². The molecule has 0 unspecified atom stereocenters. The Morgan fingerprint density at radius 1 is 0.905 bits per heavy atom. The van der Waals surface area contributed by atoms with E-state index in [1.165, 1.54) is 28.2 Å². The van der Waals surface area contributed by atoms with Crippen LogP contribution in [0.2, 0.25) is 10.0 Å². The first-order chi connectivity index (χ1) is 20.0. The Labute approximate surface area is 255 Å². The van der Waals surface area contributed by atoms with Crippen molar-refractivity contribution in [3.05, 3.63) is 118 Å². The molecule has 4 aromatic rings. The predicted octanol–water partition coefficient (Wildman–Crippen LogP) is 6.04. The van der Waals surface area contributed by atoms with Gasteiger partial charge in [0.2, 0.25) is 0 Å². The zero-order valence-electron chi connectivity index (χ0n) is 23.0. The van der Waals surface area contributed by atoms with Crippen molar-refractivity contribution < 1.29 is 22.4 Å². The van der Waals surface area contributed by atoms with Crippen LogP contribution in [-0.4, -0.2) is 50.8 Å². The number of carbonyl (C=O) groups is 2. The lowest BCUT2D eigenvalue weighted by Gasteiger charge is -2.24. The molecule has 9 nitrogen and oxygen atoms in total. The average molecular weight is 630 g/mol. The van der Waals surface area contributed by atoms with Crippen LogP contribution in [0.1, 0.15) is 27.2 Å². The van der Waals surface area contributed by atoms with Gasteiger partial charge in [-0.1, -0.05) is 47.5 Å². The van der Waals surface area contributed by atoms with Crippen LogP contribution in [0.5, 0.6) is 0 Å². The topological polar surface area (TPSA) is 112 Å². The summed E-state index contributed by atoms with van der Waals surface area (Å²) in [5, 5.41) is 3.44. The fourth-order valence-corrected chi connectivity index (χ4v) is 5.62. The molecule has 0 spiro atoms. The normalized spacial score (nSPS) is 11.1. The van der Waals surface area contributed by atoms with Gasteiger partial charge in [-0.3, -0.25) is 9.52 Å². The second-order valence-corrected chi connectivity index (χ2v) is 12.2. The molecule has 4 rings (SSSR count). The van der Waals surface area contributed by atoms with Gasteiger partial charge in [0.25, 0.3) is 15.9 Å². The number of amides is 3. The number of carbonyl (C=O) groups excluding carboxylic acids is 2. The van der Waals surface area contributed by atoms with E-state index in [1.54, 1.807) is 80.8 Å². The number of nitrogens with zero attached hydrogens (tertiary/aromatic N) is 2. The lowest BCUT2D eigenvalue weighted by molar-refractivity contribution is 0.0718. The Kier molecular flexibility index (Phi) is 10.2. The van der Waals surface area contributed by atoms with Gasteiger partial charge in [0, 0.05) is 32.2 Å². The maximum atomic E-state index is 13.6. The molecule has 3 aromatic carbocycles. The molecule has 0 saturated carbocycles. The summed E-state index contributed by atoms with van der Waals surface area (Å²) in [6.07, 6.45) is 2.05. The lowest BCUT2D eigenvalue weighted by Crippen LogP contribution is -2.35. The van der Waals surface area contributed by atoms with Crippen molar-refractivity contribution in [1.82, 2.24) is 15.1 Å². The molecule has 0 aliphatic rings. The molecule has 3 amide bonds. The maximum absolute atomic E-state index is 13.6. The molecule has 0 atom stereocenters. The fourth-order valence-electron chi connectivity index (χ4n) is 4.10. The van der Waals surface area contributed by atoms with Crippen LogP contribution in [-0.2, 0) is 29.5 Å². The lowest BCUT2D eigenvalue weighted by atomic mass is 10.1. The molecule has 0 radical (unpaired) electrons. The number of urea groups is 1. The second kappa shape index (κ2) is 13.8. The van der Waals surface area contributed by atoms with E-state index in [0.29, 0.717) is 39.9 Å². The fraction of sp³-hybridized carbons (Fsp3) is 0.200. The van der Waals surface area contributed by atoms with E-state index in [-0.39, 0.29) is 35.6 Å². The number of furan rings is 1. The maximum Gasteiger partial charge on any atom is 0.316 e. The number of nitrogens with one attached hydrogen (secondary N) is 2. The van der Waals surface area contributed by atoms with Crippen LogP contribution < -0.4 is 10.0 Å². The Bertz CT molecular complexity index is 1640. The molecule has 2 N–H and O–H groups in total. The Morgan fingerprint density at radius 2 is 1.64 bits per heavy atom. The molecular weight excluding hydrogens is 599 g/mol. The van der Waals surface area contributed by atoms with Crippen molar-refractivity contribution >= 4 is 50.9 Å². The molecule has 0 aliphatic carbocycles. The number of benzene rings is 3. The van der Waals surface area contributed by atoms with E-state index >= 15 is 0 Å². The van der Waals surface area contributed by atoms with E-state index in [9.17, 15) is 18.0 Å². The van der Waals surface area contributed by atoms with E-state index in [4.69, 9.17) is 27.6 Å². The highest BCUT2D eigenvalue weighted by Crippen LogP contribution is 2.27. The minimum absolute atomic E-state index is 0.0147. The number of rotatable bonds is 11. The van der Waals surface area contributed by atoms with Gasteiger partial charge in [0.05, 0.1) is 34.0 Å². The first kappa shape index (κ1) is 31.0. The minimum atomic E-state index is -3.99. The molecule has 220 valence electrons. The highest BCUT2D eigenvalue weighted by atomic mass is 35.5. The quantitative estimate of drug-likeness (QED) is 0.210. The van der Waals surface area contributed by atoms with Crippen LogP contribution in [0.25, 0.3) is 0 Å². The SMILES string of the molecule is CN(C)C(=O)NCCc1ccc(S(=O)(=O)Nc2ccc(Cl)cc2CN(Cc2ccco2)C(=O)c2ccccc2Cl)cc1. The molecule has 1 heterocycles. The zero-order chi connectivity index (χ0) is 30.3. The van der Waals surface area contributed by atoms with Crippen LogP contribution >= 0.6 is 23.2 Å². The van der Waals surface area contributed by atoms with Crippen molar-refractivity contribution in [3.8, 4) is 0 Å². The van der Waals surface area contributed by atoms with Crippen LogP contribution in [0.4, 0.5) is 10.5 Å². The minimum Gasteiger partial charge on any atom is -0.467 e. The molecule has 0 bridgehead atoms. The molecule has 1 aromatic heterocycles. The predicted molar refractivity (Wildman–Crippen MR) is 163 cm³/mol. The van der Waals surface area contributed by atoms with Gasteiger partial charge in [0.15, 0.2) is 0 Å². The number of hydrogen-bond donors (Lipinski definition) is 2. The largest absolute Gasteiger partial charge is 0.467 e. The number of anilines is 1. The molecular formula is C30H30Cl2N4O5S. The van der Waals surface area contributed by atoms with Crippen LogP contribution in [0, 0.1) is 0 Å². The van der Waals surface area contributed by atoms with Gasteiger partial charge in [0.1, 0.15) is 5.76 Å². The third kappa shape index (κ3) is 8.06. The summed E-state index contributed by atoms with van der Waals surface area (Å²) in [5.74, 6) is 0.184. The summed E-state index contributed by atoms with van der Waals surface area (Å²) in [7, 11) is -0.680. The standard InChI is InChI=1S/C30H30Cl2N4O5S/c1-35(2)30(38)33-16-15-21-9-12-25(13-10-21)42(39,40)34-28-14-11-23(31)18-22(28)19-36(20-24-6-5-17-41-24)29(37)26-7-3-4-8-27(26)32/h3-14,17-18,34H,15-16,19-20H2,1-2H3,(H,33,38). The zero-order valence-corrected chi connectivity index (χ0v) is 25.3. The van der Waals surface area contributed by atoms with Gasteiger partial charge in [-0.05, 0) is 72.1 Å². The van der Waals surface area contributed by atoms with Gasteiger partial charge in [-0.25, -0.2) is 13.2 Å². The smallest absolute Gasteiger partial charge is 0.316 e. The Balaban J connectivity index is 1.55. The van der Waals surface area contributed by atoms with Crippen molar-refractivity contribution in [2.24, 2.45) is 0 Å². The van der Waals surface area contributed by atoms with E-state index < -0.39 is 10.0 Å². The summed E-state index contributed by atoms with van der Waals surface area (Å²) in [6, 6.07) is 21.1. The summed E-state index contributed by atoms with van der Waals surface area (Å²) in [6.45, 7) is 0.546. The van der Waals surface area contributed by atoms with Gasteiger partial charge in [-0.15, -0.1) is 0 Å². The van der Waals surface area contributed by atoms with Crippen molar-refractivity contribution in [2.75, 3.05) is 25.4 Å². The van der Waals surface area contributed by atoms with Crippen molar-refractivity contribution in [3.63, 3.8) is 0 Å². The third-order valence-electron chi connectivity index (χ3n) is 6.32. The molecule has 12 heteroatoms. The second-order valence-electron chi connectivity index (χ2n) is 9.65. The van der Waals surface area contributed by atoms with E-state index in [2.05, 4.69) is 10.0 Å². The monoisotopic (exact) mass is 628 g/mol. The highest BCUT2D eigenvalue weighted by Gasteiger charge is 2.23. The average Bonchev–Trinajstić information content (AvgIpc) is 3.47. The summed E-state index contributed by atoms with van der Waals surface area (Å²) in [4.78, 5) is 28.3. The Hall–Kier alpha value is -3.99. The van der Waals surface area contributed by atoms with Crippen LogP contribution in [0.3, 0.4) is 0 Å². The number of sulfonamides is 1. The highest BCUT2D eigenvalue weighted by molar-refractivity contribution is 7.92. The van der Waals surface area contributed by atoms with Crippen molar-refractivity contribution in [1.29, 1.82) is 0 Å². The van der Waals surface area contributed by atoms with E-state index in [0.717, 1.165) is 5.56 Å². The molecule has 0 aliphatic heterocycles. The summed E-state index contributed by atoms with van der Waals surface area (Å²) in [5.41, 5.74) is 1.92. The van der Waals surface area contributed by atoms with Crippen LogP contribution in [0.15, 0.2) is 94.4 Å². The first-order valence-electron chi connectivity index (χ1n) is 12.9. The Morgan fingerprint density at radius 3 is 2.31 bits per heavy atom. The number of hydrogen-bond acceptors (Lipinski definition) is 5. The van der Waals surface area contributed by atoms with Gasteiger partial charge in [-0.2, -0.15) is 0 Å². The molecule has 0 fully saturated rings.